The van der Waals surface area contributed by atoms with Gasteiger partial charge in [-0.05, 0) is 52.9 Å². The summed E-state index contributed by atoms with van der Waals surface area (Å²) in [5, 5.41) is 19.8. The summed E-state index contributed by atoms with van der Waals surface area (Å²) in [6, 6.07) is 11.6. The number of rotatable bonds is 3. The lowest BCUT2D eigenvalue weighted by Gasteiger charge is -2.04. The Kier molecular flexibility index (Phi) is 4.07. The maximum Gasteiger partial charge on any atom is 0.270 e. The molecule has 2 aromatic carbocycles. The van der Waals surface area contributed by atoms with Crippen LogP contribution in [-0.2, 0) is 0 Å². The summed E-state index contributed by atoms with van der Waals surface area (Å²) < 4.78 is 0.833. The SMILES string of the molecule is O=[N+]([O-])c1ccc(Sc2ccc(O)cc2)c(I)c1. The summed E-state index contributed by atoms with van der Waals surface area (Å²) in [4.78, 5) is 12.1. The summed E-state index contributed by atoms with van der Waals surface area (Å²) in [5.74, 6) is 0.220. The lowest BCUT2D eigenvalue weighted by Crippen LogP contribution is -1.89. The predicted molar refractivity (Wildman–Crippen MR) is 78.0 cm³/mol. The van der Waals surface area contributed by atoms with E-state index in [9.17, 15) is 15.2 Å². The van der Waals surface area contributed by atoms with Crippen molar-refractivity contribution in [2.45, 2.75) is 9.79 Å². The first-order valence-corrected chi connectivity index (χ1v) is 6.86. The Bertz CT molecular complexity index is 586. The van der Waals surface area contributed by atoms with Crippen LogP contribution < -0.4 is 0 Å². The first kappa shape index (κ1) is 13.2. The van der Waals surface area contributed by atoms with Crippen molar-refractivity contribution in [3.05, 3.63) is 56.1 Å². The van der Waals surface area contributed by atoms with E-state index in [2.05, 4.69) is 22.6 Å². The van der Waals surface area contributed by atoms with Gasteiger partial charge in [0, 0.05) is 25.5 Å². The quantitative estimate of drug-likeness (QED) is 0.501. The molecule has 0 atom stereocenters. The second-order valence-electron chi connectivity index (χ2n) is 3.47. The number of non-ortho nitro benzene ring substituents is 1. The molecule has 18 heavy (non-hydrogen) atoms. The lowest BCUT2D eigenvalue weighted by atomic mass is 10.3. The number of halogens is 1. The largest absolute Gasteiger partial charge is 0.508 e. The van der Waals surface area contributed by atoms with Gasteiger partial charge in [-0.15, -0.1) is 0 Å². The molecular formula is C12H8INO3S. The van der Waals surface area contributed by atoms with Crippen LogP contribution in [0.4, 0.5) is 5.69 Å². The zero-order valence-electron chi connectivity index (χ0n) is 9.04. The highest BCUT2D eigenvalue weighted by Gasteiger charge is 2.09. The maximum atomic E-state index is 10.6. The van der Waals surface area contributed by atoms with Gasteiger partial charge >= 0.3 is 0 Å². The third-order valence-corrected chi connectivity index (χ3v) is 4.53. The Morgan fingerprint density at radius 1 is 1.17 bits per heavy atom. The molecule has 6 heteroatoms. The summed E-state index contributed by atoms with van der Waals surface area (Å²) in [6.45, 7) is 0. The molecule has 0 saturated carbocycles. The Morgan fingerprint density at radius 2 is 1.83 bits per heavy atom. The molecule has 1 N–H and O–H groups in total. The van der Waals surface area contributed by atoms with Crippen LogP contribution in [-0.4, -0.2) is 10.0 Å². The first-order chi connectivity index (χ1) is 8.56. The van der Waals surface area contributed by atoms with Gasteiger partial charge in [-0.25, -0.2) is 0 Å². The van der Waals surface area contributed by atoms with Crippen LogP contribution in [0.15, 0.2) is 52.3 Å². The molecule has 0 saturated heterocycles. The standard InChI is InChI=1S/C12H8INO3S/c13-11-7-8(14(16)17)1-6-12(11)18-10-4-2-9(15)3-5-10/h1-7,15H. The van der Waals surface area contributed by atoms with Crippen molar-refractivity contribution in [2.75, 3.05) is 0 Å². The van der Waals surface area contributed by atoms with Crippen LogP contribution in [0.2, 0.25) is 0 Å². The second-order valence-corrected chi connectivity index (χ2v) is 5.75. The van der Waals surface area contributed by atoms with Crippen molar-refractivity contribution in [3.63, 3.8) is 0 Å². The molecule has 0 amide bonds. The van der Waals surface area contributed by atoms with E-state index >= 15 is 0 Å². The molecule has 2 aromatic rings. The van der Waals surface area contributed by atoms with Crippen molar-refractivity contribution in [1.29, 1.82) is 0 Å². The van der Waals surface area contributed by atoms with Crippen molar-refractivity contribution in [3.8, 4) is 5.75 Å². The van der Waals surface area contributed by atoms with Crippen molar-refractivity contribution < 1.29 is 10.0 Å². The van der Waals surface area contributed by atoms with E-state index in [4.69, 9.17) is 0 Å². The third kappa shape index (κ3) is 3.14. The number of aromatic hydroxyl groups is 1. The fraction of sp³-hybridized carbons (Fsp3) is 0. The van der Waals surface area contributed by atoms with E-state index in [1.54, 1.807) is 36.4 Å². The van der Waals surface area contributed by atoms with Crippen LogP contribution >= 0.6 is 34.4 Å². The van der Waals surface area contributed by atoms with Gasteiger partial charge in [0.05, 0.1) is 4.92 Å². The number of phenolic OH excluding ortho intramolecular Hbond substituents is 1. The monoisotopic (exact) mass is 373 g/mol. The highest BCUT2D eigenvalue weighted by Crippen LogP contribution is 2.33. The molecule has 0 aliphatic heterocycles. The van der Waals surface area contributed by atoms with Gasteiger partial charge in [-0.1, -0.05) is 11.8 Å². The Morgan fingerprint density at radius 3 is 2.39 bits per heavy atom. The molecule has 4 nitrogen and oxygen atoms in total. The number of nitrogens with zero attached hydrogens (tertiary/aromatic N) is 1. The summed E-state index contributed by atoms with van der Waals surface area (Å²) in [7, 11) is 0. The van der Waals surface area contributed by atoms with Gasteiger partial charge in [0.25, 0.3) is 5.69 Å². The number of nitro groups is 1. The molecule has 0 heterocycles. The van der Waals surface area contributed by atoms with E-state index < -0.39 is 4.92 Å². The zero-order chi connectivity index (χ0) is 13.1. The second kappa shape index (κ2) is 5.57. The minimum Gasteiger partial charge on any atom is -0.508 e. The van der Waals surface area contributed by atoms with Gasteiger partial charge in [-0.2, -0.15) is 0 Å². The fourth-order valence-electron chi connectivity index (χ4n) is 1.33. The van der Waals surface area contributed by atoms with Crippen molar-refractivity contribution >= 4 is 40.0 Å². The number of hydrogen-bond acceptors (Lipinski definition) is 4. The Labute approximate surface area is 121 Å². The molecule has 0 spiro atoms. The van der Waals surface area contributed by atoms with Crippen LogP contribution in [0, 0.1) is 13.7 Å². The number of benzene rings is 2. The summed E-state index contributed by atoms with van der Waals surface area (Å²) >= 11 is 3.58. The number of hydrogen-bond donors (Lipinski definition) is 1. The first-order valence-electron chi connectivity index (χ1n) is 4.97. The van der Waals surface area contributed by atoms with Crippen LogP contribution in [0.1, 0.15) is 0 Å². The average molecular weight is 373 g/mol. The van der Waals surface area contributed by atoms with Crippen molar-refractivity contribution in [1.82, 2.24) is 0 Å². The predicted octanol–water partition coefficient (Wildman–Crippen LogP) is 4.06. The maximum absolute atomic E-state index is 10.6. The molecule has 0 unspecified atom stereocenters. The average Bonchev–Trinajstić information content (AvgIpc) is 2.34. The highest BCUT2D eigenvalue weighted by atomic mass is 127. The van der Waals surface area contributed by atoms with Gasteiger partial charge in [0.2, 0.25) is 0 Å². The Balaban J connectivity index is 2.24. The van der Waals surface area contributed by atoms with E-state index in [-0.39, 0.29) is 11.4 Å². The van der Waals surface area contributed by atoms with E-state index in [1.165, 1.54) is 17.8 Å². The molecule has 0 aliphatic carbocycles. The lowest BCUT2D eigenvalue weighted by molar-refractivity contribution is -0.385. The van der Waals surface area contributed by atoms with E-state index in [0.717, 1.165) is 13.4 Å². The molecule has 0 aromatic heterocycles. The summed E-state index contributed by atoms with van der Waals surface area (Å²) in [6.07, 6.45) is 0. The normalized spacial score (nSPS) is 10.3. The molecular weight excluding hydrogens is 365 g/mol. The highest BCUT2D eigenvalue weighted by molar-refractivity contribution is 14.1. The molecule has 0 radical (unpaired) electrons. The van der Waals surface area contributed by atoms with E-state index in [0.29, 0.717) is 0 Å². The van der Waals surface area contributed by atoms with Crippen LogP contribution in [0.5, 0.6) is 5.75 Å². The molecule has 0 bridgehead atoms. The Hall–Kier alpha value is -1.28. The summed E-state index contributed by atoms with van der Waals surface area (Å²) in [5.41, 5.74) is 0.0921. The smallest absolute Gasteiger partial charge is 0.270 e. The number of nitro benzene ring substituents is 1. The van der Waals surface area contributed by atoms with Gasteiger partial charge in [0.15, 0.2) is 0 Å². The molecule has 92 valence electrons. The van der Waals surface area contributed by atoms with Gasteiger partial charge < -0.3 is 5.11 Å². The minimum atomic E-state index is -0.406. The topological polar surface area (TPSA) is 63.4 Å². The van der Waals surface area contributed by atoms with Gasteiger partial charge in [-0.3, -0.25) is 10.1 Å². The van der Waals surface area contributed by atoms with E-state index in [1.807, 2.05) is 0 Å². The van der Waals surface area contributed by atoms with Gasteiger partial charge in [0.1, 0.15) is 5.75 Å². The van der Waals surface area contributed by atoms with Crippen LogP contribution in [0.25, 0.3) is 0 Å². The fourth-order valence-corrected chi connectivity index (χ4v) is 2.97. The molecule has 0 aliphatic rings. The van der Waals surface area contributed by atoms with Crippen molar-refractivity contribution in [2.24, 2.45) is 0 Å². The van der Waals surface area contributed by atoms with Crippen LogP contribution in [0.3, 0.4) is 0 Å². The minimum absolute atomic E-state index is 0.0921. The third-order valence-electron chi connectivity index (χ3n) is 2.19. The molecule has 0 fully saturated rings. The number of phenols is 1. The molecule has 2 rings (SSSR count). The zero-order valence-corrected chi connectivity index (χ0v) is 12.0.